The highest BCUT2D eigenvalue weighted by Crippen LogP contribution is 2.69. The van der Waals surface area contributed by atoms with E-state index in [0.717, 1.165) is 57.8 Å². The lowest BCUT2D eigenvalue weighted by Gasteiger charge is -2.63. The number of nitrogens with zero attached hydrogens (tertiary/aromatic N) is 1. The number of hydrogen-bond acceptors (Lipinski definition) is 8. The molecule has 9 nitrogen and oxygen atoms in total. The van der Waals surface area contributed by atoms with Gasteiger partial charge in [0.2, 0.25) is 6.54 Å². The van der Waals surface area contributed by atoms with Crippen LogP contribution in [0.1, 0.15) is 85.0 Å². The third-order valence-electron chi connectivity index (χ3n) is 11.8. The van der Waals surface area contributed by atoms with Crippen LogP contribution in [0.5, 0.6) is 0 Å². The summed E-state index contributed by atoms with van der Waals surface area (Å²) in [6, 6.07) is 0. The zero-order valence-electron chi connectivity index (χ0n) is 21.9. The Morgan fingerprint density at radius 2 is 1.72 bits per heavy atom. The lowest BCUT2D eigenvalue weighted by molar-refractivity contribution is -0.482. The lowest BCUT2D eigenvalue weighted by atomic mass is 9.43. The smallest absolute Gasteiger partial charge is 0.204 e. The molecule has 4 N–H and O–H groups in total. The van der Waals surface area contributed by atoms with Gasteiger partial charge < -0.3 is 29.9 Å². The van der Waals surface area contributed by atoms with Crippen molar-refractivity contribution in [2.45, 2.75) is 127 Å². The van der Waals surface area contributed by atoms with Crippen molar-refractivity contribution in [3.63, 3.8) is 0 Å². The van der Waals surface area contributed by atoms with E-state index >= 15 is 0 Å². The lowest BCUT2D eigenvalue weighted by Crippen LogP contribution is -2.62. The maximum Gasteiger partial charge on any atom is 0.204 e. The number of aliphatic hydroxyl groups excluding tert-OH is 3. The van der Waals surface area contributed by atoms with E-state index in [0.29, 0.717) is 18.3 Å². The predicted molar refractivity (Wildman–Crippen MR) is 130 cm³/mol. The molecule has 0 amide bonds. The molecule has 13 atom stereocenters. The Labute approximate surface area is 213 Å². The highest BCUT2D eigenvalue weighted by Gasteiger charge is 2.67. The number of fused-ring (bicyclic) bond motifs is 5. The van der Waals surface area contributed by atoms with Crippen LogP contribution < -0.4 is 0 Å². The summed E-state index contributed by atoms with van der Waals surface area (Å²) in [7, 11) is 0. The molecular weight excluding hydrogens is 466 g/mol. The second-order valence-corrected chi connectivity index (χ2v) is 13.2. The molecule has 1 heterocycles. The maximum atomic E-state index is 12.2. The molecule has 0 radical (unpaired) electrons. The number of hydrogen-bond donors (Lipinski definition) is 4. The van der Waals surface area contributed by atoms with Crippen LogP contribution in [0.4, 0.5) is 0 Å². The van der Waals surface area contributed by atoms with Crippen molar-refractivity contribution in [2.75, 3.05) is 6.54 Å². The largest absolute Gasteiger partial charge is 0.389 e. The molecular formula is C27H45NO8. The van der Waals surface area contributed by atoms with Gasteiger partial charge in [-0.3, -0.25) is 10.1 Å². The first kappa shape index (κ1) is 26.8. The van der Waals surface area contributed by atoms with E-state index in [1.165, 1.54) is 0 Å². The Balaban J connectivity index is 1.26. The van der Waals surface area contributed by atoms with Gasteiger partial charge >= 0.3 is 0 Å². The van der Waals surface area contributed by atoms with Gasteiger partial charge in [-0.2, -0.15) is 0 Å². The van der Waals surface area contributed by atoms with Crippen molar-refractivity contribution in [1.82, 2.24) is 0 Å². The van der Waals surface area contributed by atoms with Crippen LogP contribution in [0, 0.1) is 44.6 Å². The maximum absolute atomic E-state index is 12.2. The van der Waals surface area contributed by atoms with Gasteiger partial charge in [-0.25, -0.2) is 0 Å². The zero-order chi connectivity index (χ0) is 26.0. The van der Waals surface area contributed by atoms with Gasteiger partial charge in [0.15, 0.2) is 6.29 Å². The third kappa shape index (κ3) is 4.04. The second-order valence-electron chi connectivity index (χ2n) is 13.2. The first-order valence-corrected chi connectivity index (χ1v) is 14.1. The number of nitro groups is 1. The van der Waals surface area contributed by atoms with Gasteiger partial charge in [0.25, 0.3) is 0 Å². The highest BCUT2D eigenvalue weighted by molar-refractivity contribution is 5.16. The average Bonchev–Trinajstić information content (AvgIpc) is 3.10. The Morgan fingerprint density at radius 1 is 0.972 bits per heavy atom. The second kappa shape index (κ2) is 9.42. The van der Waals surface area contributed by atoms with Gasteiger partial charge in [-0.15, -0.1) is 0 Å². The summed E-state index contributed by atoms with van der Waals surface area (Å²) in [5.74, 6) is 1.32. The van der Waals surface area contributed by atoms with E-state index in [9.17, 15) is 30.5 Å². The fraction of sp³-hybridized carbons (Fsp3) is 1.00. The van der Waals surface area contributed by atoms with Crippen LogP contribution in [0.15, 0.2) is 0 Å². The molecule has 0 spiro atoms. The average molecular weight is 512 g/mol. The standard InChI is InChI=1S/C27H45NO8/c1-15-21(29)22(30)23(31)24(35-15)36-18-7-10-25(2)17(14-18)4-5-20-19(25)8-11-26(3)16(9-13-28(33)34)6-12-27(20,26)32/h15-24,29-32H,4-14H2,1-3H3/t15?,16-,17-,18+,19+,20-,21+,22+,23?,24+,25+,26-,27+/m1/s1. The van der Waals surface area contributed by atoms with Crippen LogP contribution >= 0.6 is 0 Å². The molecule has 0 aromatic heterocycles. The van der Waals surface area contributed by atoms with Gasteiger partial charge in [-0.1, -0.05) is 13.8 Å². The first-order chi connectivity index (χ1) is 16.9. The van der Waals surface area contributed by atoms with E-state index < -0.39 is 36.3 Å². The molecule has 206 valence electrons. The summed E-state index contributed by atoms with van der Waals surface area (Å²) in [4.78, 5) is 10.8. The number of ether oxygens (including phenoxy) is 2. The van der Waals surface area contributed by atoms with Gasteiger partial charge in [-0.05, 0) is 99.2 Å². The molecule has 0 aromatic carbocycles. The topological polar surface area (TPSA) is 143 Å². The molecule has 2 unspecified atom stereocenters. The first-order valence-electron chi connectivity index (χ1n) is 14.1. The minimum absolute atomic E-state index is 0.0141. The summed E-state index contributed by atoms with van der Waals surface area (Å²) in [6.45, 7) is 6.24. The molecule has 9 heteroatoms. The summed E-state index contributed by atoms with van der Waals surface area (Å²) in [5, 5.41) is 53.8. The monoisotopic (exact) mass is 511 g/mol. The quantitative estimate of drug-likeness (QED) is 0.251. The van der Waals surface area contributed by atoms with Crippen LogP contribution in [-0.2, 0) is 9.47 Å². The van der Waals surface area contributed by atoms with Crippen LogP contribution in [-0.4, -0.2) is 74.3 Å². The van der Waals surface area contributed by atoms with Crippen molar-refractivity contribution in [2.24, 2.45) is 34.5 Å². The van der Waals surface area contributed by atoms with Gasteiger partial charge in [0, 0.05) is 11.3 Å². The molecule has 0 aromatic rings. The van der Waals surface area contributed by atoms with Gasteiger partial charge in [0.1, 0.15) is 18.3 Å². The Kier molecular flexibility index (Phi) is 7.00. The Morgan fingerprint density at radius 3 is 2.44 bits per heavy atom. The SMILES string of the molecule is CC1O[C@@H](O[C@H]2CC[C@@]3(C)[C@H](CC[C@@H]4[C@@H]3CC[C@]3(C)[C@@H](CC[N+](=O)[O-])CC[C@]43O)C2)C(O)[C@@H](O)[C@H]1O. The van der Waals surface area contributed by atoms with Crippen molar-refractivity contribution in [3.05, 3.63) is 10.1 Å². The van der Waals surface area contributed by atoms with E-state index in [1.54, 1.807) is 6.92 Å². The molecule has 5 rings (SSSR count). The van der Waals surface area contributed by atoms with E-state index in [4.69, 9.17) is 9.47 Å². The van der Waals surface area contributed by atoms with E-state index in [1.807, 2.05) is 0 Å². The Hall–Kier alpha value is -0.840. The normalized spacial score (nSPS) is 54.9. The molecule has 1 aliphatic heterocycles. The van der Waals surface area contributed by atoms with Gasteiger partial charge in [0.05, 0.1) is 17.8 Å². The Bertz CT molecular complexity index is 843. The summed E-state index contributed by atoms with van der Waals surface area (Å²) < 4.78 is 11.9. The minimum Gasteiger partial charge on any atom is -0.389 e. The fourth-order valence-corrected chi connectivity index (χ4v) is 9.46. The van der Waals surface area contributed by atoms with Crippen molar-refractivity contribution in [1.29, 1.82) is 0 Å². The van der Waals surface area contributed by atoms with Crippen LogP contribution in [0.2, 0.25) is 0 Å². The third-order valence-corrected chi connectivity index (χ3v) is 11.8. The number of rotatable bonds is 5. The highest BCUT2D eigenvalue weighted by atomic mass is 16.7. The molecule has 0 bridgehead atoms. The van der Waals surface area contributed by atoms with Crippen molar-refractivity contribution < 1.29 is 34.8 Å². The fourth-order valence-electron chi connectivity index (χ4n) is 9.46. The molecule has 4 aliphatic carbocycles. The van der Waals surface area contributed by atoms with E-state index in [2.05, 4.69) is 13.8 Å². The summed E-state index contributed by atoms with van der Waals surface area (Å²) >= 11 is 0. The van der Waals surface area contributed by atoms with Crippen LogP contribution in [0.3, 0.4) is 0 Å². The molecule has 5 aliphatic rings. The predicted octanol–water partition coefficient (Wildman–Crippen LogP) is 2.64. The van der Waals surface area contributed by atoms with E-state index in [-0.39, 0.29) is 40.2 Å². The molecule has 36 heavy (non-hydrogen) atoms. The zero-order valence-corrected chi connectivity index (χ0v) is 21.9. The van der Waals surface area contributed by atoms with Crippen LogP contribution in [0.25, 0.3) is 0 Å². The molecule has 1 saturated heterocycles. The number of aliphatic hydroxyl groups is 4. The minimum atomic E-state index is -1.29. The summed E-state index contributed by atoms with van der Waals surface area (Å²) in [5.41, 5.74) is -0.885. The van der Waals surface area contributed by atoms with Crippen molar-refractivity contribution >= 4 is 0 Å². The molecule has 5 fully saturated rings. The van der Waals surface area contributed by atoms with Crippen molar-refractivity contribution in [3.8, 4) is 0 Å². The summed E-state index contributed by atoms with van der Waals surface area (Å²) in [6.07, 6.45) is 3.47. The molecule has 4 saturated carbocycles.